The molecule has 7 nitrogen and oxygen atoms in total. The van der Waals surface area contributed by atoms with Gasteiger partial charge in [0, 0.05) is 5.56 Å². The molecule has 3 aromatic rings. The number of hydrazone groups is 1. The lowest BCUT2D eigenvalue weighted by Gasteiger charge is -2.20. The van der Waals surface area contributed by atoms with Gasteiger partial charge in [-0.25, -0.2) is 0 Å². The number of amidine groups is 2. The van der Waals surface area contributed by atoms with E-state index >= 15 is 0 Å². The first kappa shape index (κ1) is 26.7. The van der Waals surface area contributed by atoms with Crippen LogP contribution < -0.4 is 9.47 Å². The van der Waals surface area contributed by atoms with Crippen molar-refractivity contribution in [1.82, 2.24) is 5.01 Å². The Kier molecular flexibility index (Phi) is 8.14. The van der Waals surface area contributed by atoms with Gasteiger partial charge < -0.3 is 9.47 Å². The fourth-order valence-corrected chi connectivity index (χ4v) is 5.26. The minimum atomic E-state index is -0.492. The van der Waals surface area contributed by atoms with Gasteiger partial charge in [0.15, 0.2) is 5.84 Å². The summed E-state index contributed by atoms with van der Waals surface area (Å²) in [5.41, 5.74) is 2.88. The summed E-state index contributed by atoms with van der Waals surface area (Å²) in [5.74, 6) is 1.43. The number of fused-ring (bicyclic) bond motifs is 1. The molecule has 198 valence electrons. The number of aliphatic imine (C=N–C) groups is 1. The van der Waals surface area contributed by atoms with Crippen molar-refractivity contribution in [1.29, 1.82) is 5.41 Å². The van der Waals surface area contributed by atoms with Gasteiger partial charge in [-0.2, -0.15) is 15.1 Å². The van der Waals surface area contributed by atoms with Crippen LogP contribution in [0.15, 0.2) is 88.5 Å². The van der Waals surface area contributed by atoms with Gasteiger partial charge in [0.1, 0.15) is 29.8 Å². The van der Waals surface area contributed by atoms with E-state index in [9.17, 15) is 4.79 Å². The summed E-state index contributed by atoms with van der Waals surface area (Å²) < 4.78 is 11.7. The number of amides is 1. The van der Waals surface area contributed by atoms with Crippen molar-refractivity contribution in [3.63, 3.8) is 0 Å². The number of carbonyl (C=O) groups is 1. The molecule has 39 heavy (non-hydrogen) atoms. The molecule has 9 heteroatoms. The van der Waals surface area contributed by atoms with E-state index in [1.165, 1.54) is 22.3 Å². The monoisotopic (exact) mass is 558 g/mol. The zero-order valence-electron chi connectivity index (χ0n) is 21.6. The predicted octanol–water partition coefficient (Wildman–Crippen LogP) is 6.98. The Bertz CT molecular complexity index is 1500. The maximum absolute atomic E-state index is 12.8. The molecular formula is C30H27ClN4O3S. The molecular weight excluding hydrogens is 532 g/mol. The largest absolute Gasteiger partial charge is 0.490 e. The van der Waals surface area contributed by atoms with Gasteiger partial charge in [-0.15, -0.1) is 0 Å². The van der Waals surface area contributed by atoms with Crippen LogP contribution in [0.25, 0.3) is 6.08 Å². The summed E-state index contributed by atoms with van der Waals surface area (Å²) in [7, 11) is 0. The summed E-state index contributed by atoms with van der Waals surface area (Å²) in [6.45, 7) is 5.15. The Morgan fingerprint density at radius 3 is 2.51 bits per heavy atom. The molecule has 0 aromatic heterocycles. The summed E-state index contributed by atoms with van der Waals surface area (Å²) in [5, 5.41) is 16.0. The summed E-state index contributed by atoms with van der Waals surface area (Å²) in [6.07, 6.45) is 2.73. The Morgan fingerprint density at radius 1 is 1.03 bits per heavy atom. The van der Waals surface area contributed by atoms with Crippen molar-refractivity contribution in [2.75, 3.05) is 13.2 Å². The number of carbonyl (C=O) groups excluding carboxylic acids is 1. The maximum Gasteiger partial charge on any atom is 0.283 e. The van der Waals surface area contributed by atoms with Crippen LogP contribution in [0.4, 0.5) is 0 Å². The van der Waals surface area contributed by atoms with Crippen molar-refractivity contribution >= 4 is 51.4 Å². The lowest BCUT2D eigenvalue weighted by molar-refractivity contribution is -0.114. The molecule has 0 fully saturated rings. The van der Waals surface area contributed by atoms with Crippen molar-refractivity contribution in [2.24, 2.45) is 10.1 Å². The molecule has 0 aliphatic carbocycles. The number of ether oxygens (including phenoxy) is 2. The molecule has 1 N–H and O–H groups in total. The van der Waals surface area contributed by atoms with E-state index < -0.39 is 5.91 Å². The van der Waals surface area contributed by atoms with Gasteiger partial charge in [-0.05, 0) is 71.6 Å². The minimum absolute atomic E-state index is 0.0429. The molecule has 0 saturated carbocycles. The van der Waals surface area contributed by atoms with E-state index in [2.05, 4.69) is 36.1 Å². The molecule has 0 saturated heterocycles. The number of nitrogens with one attached hydrogen (secondary N) is 1. The summed E-state index contributed by atoms with van der Waals surface area (Å²) in [4.78, 5) is 17.0. The third-order valence-corrected chi connectivity index (χ3v) is 7.68. The molecule has 1 unspecified atom stereocenters. The quantitative estimate of drug-likeness (QED) is 0.226. The number of nitrogens with zero attached hydrogens (tertiary/aromatic N) is 3. The van der Waals surface area contributed by atoms with Gasteiger partial charge in [0.05, 0.1) is 10.6 Å². The SMILES string of the molecule is CCC(C)c1ccc(OCCOc2cccc(/C=C3/C(=N)N4N=C(c5ccccc5Cl)SC4=NC3=O)c2)cc1. The van der Waals surface area contributed by atoms with E-state index in [1.54, 1.807) is 12.1 Å². The second kappa shape index (κ2) is 11.9. The van der Waals surface area contributed by atoms with Gasteiger partial charge in [-0.1, -0.05) is 67.9 Å². The number of halogens is 1. The number of hydrogen-bond donors (Lipinski definition) is 1. The van der Waals surface area contributed by atoms with E-state index in [0.29, 0.717) is 45.7 Å². The van der Waals surface area contributed by atoms with Crippen molar-refractivity contribution < 1.29 is 14.3 Å². The first-order valence-electron chi connectivity index (χ1n) is 12.6. The third kappa shape index (κ3) is 6.08. The van der Waals surface area contributed by atoms with Crippen LogP contribution in [0.2, 0.25) is 5.02 Å². The van der Waals surface area contributed by atoms with Crippen LogP contribution in [0, 0.1) is 5.41 Å². The van der Waals surface area contributed by atoms with Gasteiger partial charge in [-0.3, -0.25) is 10.2 Å². The van der Waals surface area contributed by atoms with E-state index in [4.69, 9.17) is 26.5 Å². The molecule has 2 aliphatic rings. The van der Waals surface area contributed by atoms with E-state index in [-0.39, 0.29) is 11.4 Å². The average Bonchev–Trinajstić information content (AvgIpc) is 3.37. The van der Waals surface area contributed by atoms with E-state index in [1.807, 2.05) is 54.6 Å². The molecule has 0 radical (unpaired) electrons. The molecule has 1 atom stereocenters. The highest BCUT2D eigenvalue weighted by atomic mass is 35.5. The number of rotatable bonds is 9. The van der Waals surface area contributed by atoms with Crippen LogP contribution in [0.5, 0.6) is 11.5 Å². The summed E-state index contributed by atoms with van der Waals surface area (Å²) >= 11 is 7.52. The maximum atomic E-state index is 12.8. The van der Waals surface area contributed by atoms with Crippen LogP contribution in [0.3, 0.4) is 0 Å². The number of thioether (sulfide) groups is 1. The molecule has 5 rings (SSSR count). The lowest BCUT2D eigenvalue weighted by atomic mass is 9.99. The highest BCUT2D eigenvalue weighted by Crippen LogP contribution is 2.33. The Balaban J connectivity index is 1.22. The second-order valence-electron chi connectivity index (χ2n) is 9.05. The Hall–Kier alpha value is -3.88. The fourth-order valence-electron chi connectivity index (χ4n) is 4.04. The standard InChI is InChI=1S/C30H27ClN4O3S/c1-3-19(2)21-11-13-22(14-12-21)37-15-16-38-23-8-6-7-20(17-23)18-25-27(32)35-30(33-28(25)36)39-29(34-35)24-9-4-5-10-26(24)31/h4-14,17-19,32H,3,15-16H2,1-2H3/b25-18-,32-27?. The Labute approximate surface area is 236 Å². The normalized spacial score (nSPS) is 16.6. The highest BCUT2D eigenvalue weighted by Gasteiger charge is 2.36. The number of hydrogen-bond acceptors (Lipinski definition) is 6. The molecule has 0 spiro atoms. The van der Waals surface area contributed by atoms with Crippen LogP contribution in [-0.4, -0.2) is 40.2 Å². The number of benzene rings is 3. The lowest BCUT2D eigenvalue weighted by Crippen LogP contribution is -2.35. The van der Waals surface area contributed by atoms with Crippen LogP contribution >= 0.6 is 23.4 Å². The topological polar surface area (TPSA) is 87.3 Å². The summed E-state index contributed by atoms with van der Waals surface area (Å²) in [6, 6.07) is 22.8. The van der Waals surface area contributed by atoms with Crippen LogP contribution in [-0.2, 0) is 4.79 Å². The molecule has 3 aromatic carbocycles. The molecule has 2 heterocycles. The second-order valence-corrected chi connectivity index (χ2v) is 10.4. The van der Waals surface area contributed by atoms with Crippen molar-refractivity contribution in [2.45, 2.75) is 26.2 Å². The Morgan fingerprint density at radius 2 is 1.77 bits per heavy atom. The van der Waals surface area contributed by atoms with Gasteiger partial charge in [0.2, 0.25) is 5.17 Å². The van der Waals surface area contributed by atoms with E-state index in [0.717, 1.165) is 17.7 Å². The van der Waals surface area contributed by atoms with Crippen molar-refractivity contribution in [3.8, 4) is 11.5 Å². The first-order chi connectivity index (χ1) is 18.9. The molecule has 2 aliphatic heterocycles. The highest BCUT2D eigenvalue weighted by molar-refractivity contribution is 8.27. The predicted molar refractivity (Wildman–Crippen MR) is 158 cm³/mol. The zero-order chi connectivity index (χ0) is 27.4. The minimum Gasteiger partial charge on any atom is -0.490 e. The van der Waals surface area contributed by atoms with Crippen LogP contribution in [0.1, 0.15) is 42.9 Å². The first-order valence-corrected chi connectivity index (χ1v) is 13.8. The zero-order valence-corrected chi connectivity index (χ0v) is 23.1. The smallest absolute Gasteiger partial charge is 0.283 e. The van der Waals surface area contributed by atoms with Crippen molar-refractivity contribution in [3.05, 3.63) is 100 Å². The molecule has 1 amide bonds. The third-order valence-electron chi connectivity index (χ3n) is 6.41. The van der Waals surface area contributed by atoms with Gasteiger partial charge >= 0.3 is 0 Å². The molecule has 0 bridgehead atoms. The average molecular weight is 559 g/mol. The fraction of sp³-hybridized carbons (Fsp3) is 0.200. The van der Waals surface area contributed by atoms with Gasteiger partial charge in [0.25, 0.3) is 5.91 Å².